The molecule has 0 aliphatic heterocycles. The summed E-state index contributed by atoms with van der Waals surface area (Å²) in [4.78, 5) is 12.5. The van der Waals surface area contributed by atoms with Gasteiger partial charge in [0.05, 0.1) is 23.6 Å². The monoisotopic (exact) mass is 453 g/mol. The highest BCUT2D eigenvalue weighted by atomic mass is 32.2. The van der Waals surface area contributed by atoms with Crippen LogP contribution in [-0.2, 0) is 19.6 Å². The number of aryl methyl sites for hydroxylation is 1. The van der Waals surface area contributed by atoms with Crippen LogP contribution >= 0.6 is 0 Å². The average molecular weight is 454 g/mol. The van der Waals surface area contributed by atoms with E-state index < -0.39 is 10.0 Å². The van der Waals surface area contributed by atoms with E-state index in [1.807, 2.05) is 38.1 Å². The first kappa shape index (κ1) is 22.2. The largest absolute Gasteiger partial charge is 0.466 e. The van der Waals surface area contributed by atoms with Gasteiger partial charge in [-0.15, -0.1) is 9.19 Å². The summed E-state index contributed by atoms with van der Waals surface area (Å²) in [6.07, 6.45) is 3.28. The van der Waals surface area contributed by atoms with Gasteiger partial charge in [-0.3, -0.25) is 4.79 Å². The zero-order chi connectivity index (χ0) is 22.9. The molecule has 1 saturated carbocycles. The van der Waals surface area contributed by atoms with Gasteiger partial charge in [-0.25, -0.2) is 0 Å². The van der Waals surface area contributed by atoms with Crippen LogP contribution in [0.1, 0.15) is 43.7 Å². The molecule has 0 bridgehead atoms. The van der Waals surface area contributed by atoms with Gasteiger partial charge < -0.3 is 4.74 Å². The van der Waals surface area contributed by atoms with Crippen LogP contribution in [0.25, 0.3) is 11.3 Å². The molecule has 3 atom stereocenters. The molecule has 8 heteroatoms. The molecule has 168 valence electrons. The molecule has 1 aliphatic rings. The van der Waals surface area contributed by atoms with E-state index in [1.165, 1.54) is 6.20 Å². The number of hydrogen-bond donors (Lipinski definition) is 0. The molecule has 0 saturated heterocycles. The van der Waals surface area contributed by atoms with Gasteiger partial charge in [-0.1, -0.05) is 60.5 Å². The Labute approximate surface area is 188 Å². The number of ether oxygens (including phenoxy) is 1. The fourth-order valence-electron chi connectivity index (χ4n) is 4.36. The highest BCUT2D eigenvalue weighted by Crippen LogP contribution is 2.50. The molecule has 0 N–H and O–H groups in total. The Morgan fingerprint density at radius 3 is 2.41 bits per heavy atom. The number of carbonyl (C=O) groups excluding carboxylic acids is 1. The quantitative estimate of drug-likeness (QED) is 0.498. The van der Waals surface area contributed by atoms with Crippen molar-refractivity contribution in [2.75, 3.05) is 6.61 Å². The van der Waals surface area contributed by atoms with Crippen molar-refractivity contribution < 1.29 is 17.9 Å². The summed E-state index contributed by atoms with van der Waals surface area (Å²) in [5.74, 6) is 0.364. The van der Waals surface area contributed by atoms with Crippen molar-refractivity contribution in [3.8, 4) is 11.3 Å². The lowest BCUT2D eigenvalue weighted by atomic mass is 9.61. The van der Waals surface area contributed by atoms with E-state index in [1.54, 1.807) is 24.3 Å². The second-order valence-electron chi connectivity index (χ2n) is 8.20. The molecular formula is C24H27N3O4S. The Morgan fingerprint density at radius 2 is 1.78 bits per heavy atom. The molecule has 1 unspecified atom stereocenters. The Balaban J connectivity index is 1.56. The maximum atomic E-state index is 12.8. The number of hydrogen-bond acceptors (Lipinski definition) is 6. The maximum absolute atomic E-state index is 12.8. The van der Waals surface area contributed by atoms with Gasteiger partial charge in [0.2, 0.25) is 0 Å². The fraction of sp³-hybridized carbons (Fsp3) is 0.375. The predicted molar refractivity (Wildman–Crippen MR) is 120 cm³/mol. The summed E-state index contributed by atoms with van der Waals surface area (Å²) in [7, 11) is -3.80. The van der Waals surface area contributed by atoms with Gasteiger partial charge in [-0.05, 0) is 43.9 Å². The minimum absolute atomic E-state index is 0.105. The Kier molecular flexibility index (Phi) is 6.15. The zero-order valence-electron chi connectivity index (χ0n) is 18.4. The number of carbonyl (C=O) groups is 1. The number of aromatic nitrogens is 3. The number of benzene rings is 2. The SMILES string of the molecule is CCOC(=O)[C@H]1C[C@H](CC)C1c1ccc(-c2cn(S(=O)(=O)c3ccc(C)cc3)nn2)cc1. The lowest BCUT2D eigenvalue weighted by molar-refractivity contribution is -0.154. The van der Waals surface area contributed by atoms with Crippen LogP contribution in [0.4, 0.5) is 0 Å². The van der Waals surface area contributed by atoms with Gasteiger partial charge in [0, 0.05) is 11.5 Å². The normalized spacial score (nSPS) is 20.5. The van der Waals surface area contributed by atoms with Crippen LogP contribution in [-0.4, -0.2) is 35.4 Å². The Morgan fingerprint density at radius 1 is 1.09 bits per heavy atom. The minimum atomic E-state index is -3.80. The van der Waals surface area contributed by atoms with Gasteiger partial charge in [0.25, 0.3) is 10.0 Å². The summed E-state index contributed by atoms with van der Waals surface area (Å²) < 4.78 is 31.8. The highest BCUT2D eigenvalue weighted by molar-refractivity contribution is 7.89. The molecule has 0 spiro atoms. The molecule has 1 aromatic heterocycles. The topological polar surface area (TPSA) is 91.2 Å². The van der Waals surface area contributed by atoms with E-state index in [2.05, 4.69) is 17.2 Å². The first-order chi connectivity index (χ1) is 15.3. The molecule has 0 amide bonds. The van der Waals surface area contributed by atoms with Crippen molar-refractivity contribution in [2.24, 2.45) is 11.8 Å². The van der Waals surface area contributed by atoms with Crippen LogP contribution in [0.15, 0.2) is 59.6 Å². The van der Waals surface area contributed by atoms with Crippen LogP contribution in [0.2, 0.25) is 0 Å². The third-order valence-corrected chi connectivity index (χ3v) is 7.78. The fourth-order valence-corrected chi connectivity index (χ4v) is 5.43. The molecular weight excluding hydrogens is 426 g/mol. The molecule has 4 rings (SSSR count). The van der Waals surface area contributed by atoms with E-state index in [0.717, 1.165) is 33.6 Å². The van der Waals surface area contributed by atoms with Crippen molar-refractivity contribution in [2.45, 2.75) is 44.4 Å². The van der Waals surface area contributed by atoms with Gasteiger partial charge in [0.15, 0.2) is 0 Å². The summed E-state index contributed by atoms with van der Waals surface area (Å²) in [6, 6.07) is 14.4. The smallest absolute Gasteiger partial charge is 0.309 e. The van der Waals surface area contributed by atoms with E-state index >= 15 is 0 Å². The van der Waals surface area contributed by atoms with Crippen molar-refractivity contribution in [3.63, 3.8) is 0 Å². The Hall–Kier alpha value is -3.00. The van der Waals surface area contributed by atoms with E-state index in [4.69, 9.17) is 4.74 Å². The molecule has 1 heterocycles. The third-order valence-electron chi connectivity index (χ3n) is 6.24. The molecule has 7 nitrogen and oxygen atoms in total. The summed E-state index contributed by atoms with van der Waals surface area (Å²) in [6.45, 7) is 6.25. The summed E-state index contributed by atoms with van der Waals surface area (Å²) >= 11 is 0. The van der Waals surface area contributed by atoms with E-state index in [9.17, 15) is 13.2 Å². The van der Waals surface area contributed by atoms with Gasteiger partial charge in [0.1, 0.15) is 5.69 Å². The molecule has 3 aromatic rings. The molecule has 2 aromatic carbocycles. The standard InChI is InChI=1S/C24H27N3O4S/c1-4-17-14-21(24(28)31-5-2)23(17)19-10-8-18(9-11-19)22-15-27(26-25-22)32(29,30)20-12-6-16(3)7-13-20/h6-13,15,17,21,23H,4-5,14H2,1-3H3/t17-,21-,23?/m0/s1. The first-order valence-electron chi connectivity index (χ1n) is 10.9. The second-order valence-corrected chi connectivity index (χ2v) is 10.0. The molecule has 32 heavy (non-hydrogen) atoms. The highest BCUT2D eigenvalue weighted by Gasteiger charge is 2.45. The number of rotatable bonds is 7. The van der Waals surface area contributed by atoms with Crippen molar-refractivity contribution >= 4 is 16.0 Å². The zero-order valence-corrected chi connectivity index (χ0v) is 19.2. The van der Waals surface area contributed by atoms with Gasteiger partial charge in [-0.2, -0.15) is 8.42 Å². The molecule has 1 fully saturated rings. The second kappa shape index (κ2) is 8.86. The van der Waals surface area contributed by atoms with Gasteiger partial charge >= 0.3 is 5.97 Å². The number of nitrogens with zero attached hydrogens (tertiary/aromatic N) is 3. The van der Waals surface area contributed by atoms with Crippen molar-refractivity contribution in [1.29, 1.82) is 0 Å². The van der Waals surface area contributed by atoms with Crippen LogP contribution in [0.5, 0.6) is 0 Å². The molecule has 0 radical (unpaired) electrons. The van der Waals surface area contributed by atoms with Crippen molar-refractivity contribution in [3.05, 3.63) is 65.9 Å². The lowest BCUT2D eigenvalue weighted by Gasteiger charge is -2.43. The van der Waals surface area contributed by atoms with E-state index in [-0.39, 0.29) is 22.7 Å². The van der Waals surface area contributed by atoms with Crippen LogP contribution in [0, 0.1) is 18.8 Å². The van der Waals surface area contributed by atoms with Crippen molar-refractivity contribution in [1.82, 2.24) is 14.4 Å². The van der Waals surface area contributed by atoms with Crippen LogP contribution in [0.3, 0.4) is 0 Å². The van der Waals surface area contributed by atoms with E-state index in [0.29, 0.717) is 18.2 Å². The molecule has 1 aliphatic carbocycles. The third kappa shape index (κ3) is 4.07. The minimum Gasteiger partial charge on any atom is -0.466 e. The summed E-state index contributed by atoms with van der Waals surface area (Å²) in [5, 5.41) is 7.91. The lowest BCUT2D eigenvalue weighted by Crippen LogP contribution is -2.40. The summed E-state index contributed by atoms with van der Waals surface area (Å²) in [5.41, 5.74) is 3.30. The predicted octanol–water partition coefficient (Wildman–Crippen LogP) is 4.18. The maximum Gasteiger partial charge on any atom is 0.309 e. The number of esters is 1. The Bertz CT molecular complexity index is 1200. The average Bonchev–Trinajstić information content (AvgIpc) is 3.26. The first-order valence-corrected chi connectivity index (χ1v) is 12.3. The van der Waals surface area contributed by atoms with Crippen LogP contribution < -0.4 is 0 Å².